The van der Waals surface area contributed by atoms with Gasteiger partial charge in [-0.15, -0.1) is 0 Å². The summed E-state index contributed by atoms with van der Waals surface area (Å²) in [6, 6.07) is 5.96. The van der Waals surface area contributed by atoms with Crippen molar-refractivity contribution in [2.24, 2.45) is 5.92 Å². The number of halogens is 4. The number of alkyl halides is 3. The molecule has 20 heavy (non-hydrogen) atoms. The van der Waals surface area contributed by atoms with Crippen LogP contribution in [0.2, 0.25) is 0 Å². The fraction of sp³-hybridized carbons (Fsp3) is 0.571. The highest BCUT2D eigenvalue weighted by Gasteiger charge is 2.45. The molecule has 0 atom stereocenters. The van der Waals surface area contributed by atoms with Crippen molar-refractivity contribution >= 4 is 5.69 Å². The van der Waals surface area contributed by atoms with Crippen LogP contribution >= 0.6 is 0 Å². The first-order valence-electron chi connectivity index (χ1n) is 6.57. The zero-order valence-electron chi connectivity index (χ0n) is 10.9. The maximum atomic E-state index is 13.6. The SMILES string of the molecule is OCC1(Nc2ccccc2F)CCC(C(F)(F)F)CC1. The summed E-state index contributed by atoms with van der Waals surface area (Å²) in [6.45, 7) is -0.314. The van der Waals surface area contributed by atoms with Crippen molar-refractivity contribution in [1.29, 1.82) is 0 Å². The molecular weight excluding hydrogens is 274 g/mol. The zero-order chi connectivity index (χ0) is 14.8. The van der Waals surface area contributed by atoms with Crippen molar-refractivity contribution in [1.82, 2.24) is 0 Å². The molecule has 0 heterocycles. The van der Waals surface area contributed by atoms with E-state index in [2.05, 4.69) is 5.32 Å². The average molecular weight is 291 g/mol. The van der Waals surface area contributed by atoms with E-state index in [4.69, 9.17) is 0 Å². The molecule has 2 rings (SSSR count). The molecule has 2 nitrogen and oxygen atoms in total. The van der Waals surface area contributed by atoms with Gasteiger partial charge in [-0.3, -0.25) is 0 Å². The van der Waals surface area contributed by atoms with Crippen molar-refractivity contribution in [2.75, 3.05) is 11.9 Å². The van der Waals surface area contributed by atoms with Gasteiger partial charge in [0.15, 0.2) is 0 Å². The molecule has 0 amide bonds. The number of hydrogen-bond donors (Lipinski definition) is 2. The van der Waals surface area contributed by atoms with Crippen molar-refractivity contribution in [3.8, 4) is 0 Å². The van der Waals surface area contributed by atoms with Gasteiger partial charge in [0, 0.05) is 0 Å². The molecule has 2 N–H and O–H groups in total. The molecular formula is C14H17F4NO. The second kappa shape index (κ2) is 5.60. The lowest BCUT2D eigenvalue weighted by atomic mass is 9.76. The van der Waals surface area contributed by atoms with E-state index in [0.717, 1.165) is 0 Å². The van der Waals surface area contributed by atoms with Crippen LogP contribution in [0.3, 0.4) is 0 Å². The number of para-hydroxylation sites is 1. The third kappa shape index (κ3) is 3.23. The lowest BCUT2D eigenvalue weighted by molar-refractivity contribution is -0.184. The maximum Gasteiger partial charge on any atom is 0.391 e. The molecule has 1 aromatic carbocycles. The highest BCUT2D eigenvalue weighted by atomic mass is 19.4. The van der Waals surface area contributed by atoms with Crippen LogP contribution in [0.4, 0.5) is 23.2 Å². The first-order chi connectivity index (χ1) is 9.36. The Morgan fingerprint density at radius 1 is 1.20 bits per heavy atom. The minimum atomic E-state index is -4.19. The van der Waals surface area contributed by atoms with Crippen molar-refractivity contribution < 1.29 is 22.7 Å². The van der Waals surface area contributed by atoms with Gasteiger partial charge in [-0.05, 0) is 37.8 Å². The first kappa shape index (κ1) is 15.1. The van der Waals surface area contributed by atoms with E-state index in [1.54, 1.807) is 6.07 Å². The Balaban J connectivity index is 2.08. The van der Waals surface area contributed by atoms with Gasteiger partial charge in [0.05, 0.1) is 23.8 Å². The van der Waals surface area contributed by atoms with Crippen molar-refractivity contribution in [3.05, 3.63) is 30.1 Å². The number of aliphatic hydroxyl groups is 1. The molecule has 1 aromatic rings. The molecule has 1 fully saturated rings. The van der Waals surface area contributed by atoms with E-state index >= 15 is 0 Å². The van der Waals surface area contributed by atoms with E-state index < -0.39 is 23.5 Å². The van der Waals surface area contributed by atoms with Gasteiger partial charge in [-0.1, -0.05) is 12.1 Å². The van der Waals surface area contributed by atoms with Crippen LogP contribution in [0, 0.1) is 11.7 Å². The van der Waals surface area contributed by atoms with E-state index in [1.807, 2.05) is 0 Å². The molecule has 1 saturated carbocycles. The summed E-state index contributed by atoms with van der Waals surface area (Å²) in [6.07, 6.45) is -3.96. The van der Waals surface area contributed by atoms with Crippen LogP contribution in [0.15, 0.2) is 24.3 Å². The van der Waals surface area contributed by atoms with Gasteiger partial charge in [0.2, 0.25) is 0 Å². The minimum Gasteiger partial charge on any atom is -0.394 e. The summed E-state index contributed by atoms with van der Waals surface area (Å²) < 4.78 is 51.5. The zero-order valence-corrected chi connectivity index (χ0v) is 10.9. The summed E-state index contributed by atoms with van der Waals surface area (Å²) >= 11 is 0. The Hall–Kier alpha value is -1.30. The predicted molar refractivity (Wildman–Crippen MR) is 67.9 cm³/mol. The van der Waals surface area contributed by atoms with Crippen LogP contribution in [-0.4, -0.2) is 23.4 Å². The Labute approximate surface area is 114 Å². The number of anilines is 1. The number of hydrogen-bond acceptors (Lipinski definition) is 2. The third-order valence-corrected chi connectivity index (χ3v) is 3.98. The molecule has 1 aliphatic carbocycles. The van der Waals surface area contributed by atoms with Gasteiger partial charge in [0.1, 0.15) is 5.82 Å². The summed E-state index contributed by atoms with van der Waals surface area (Å²) in [5.41, 5.74) is -0.656. The molecule has 0 radical (unpaired) electrons. The molecule has 1 aliphatic rings. The summed E-state index contributed by atoms with van der Waals surface area (Å²) in [5, 5.41) is 12.4. The highest BCUT2D eigenvalue weighted by Crippen LogP contribution is 2.42. The number of benzene rings is 1. The molecule has 0 aliphatic heterocycles. The topological polar surface area (TPSA) is 32.3 Å². The monoisotopic (exact) mass is 291 g/mol. The first-order valence-corrected chi connectivity index (χ1v) is 6.57. The second-order valence-electron chi connectivity index (χ2n) is 5.36. The quantitative estimate of drug-likeness (QED) is 0.832. The Morgan fingerprint density at radius 3 is 2.30 bits per heavy atom. The minimum absolute atomic E-state index is 0.0501. The third-order valence-electron chi connectivity index (χ3n) is 3.98. The lowest BCUT2D eigenvalue weighted by Crippen LogP contribution is -2.47. The summed E-state index contributed by atoms with van der Waals surface area (Å²) in [7, 11) is 0. The Kier molecular flexibility index (Phi) is 4.22. The van der Waals surface area contributed by atoms with Gasteiger partial charge in [0.25, 0.3) is 0 Å². The van der Waals surface area contributed by atoms with E-state index in [-0.39, 0.29) is 38.0 Å². The fourth-order valence-corrected chi connectivity index (χ4v) is 2.67. The van der Waals surface area contributed by atoms with Gasteiger partial charge in [-0.2, -0.15) is 13.2 Å². The van der Waals surface area contributed by atoms with E-state index in [0.29, 0.717) is 0 Å². The molecule has 0 aromatic heterocycles. The van der Waals surface area contributed by atoms with Crippen LogP contribution < -0.4 is 5.32 Å². The van der Waals surface area contributed by atoms with Crippen LogP contribution in [0.25, 0.3) is 0 Å². The van der Waals surface area contributed by atoms with Crippen LogP contribution in [-0.2, 0) is 0 Å². The van der Waals surface area contributed by atoms with Crippen LogP contribution in [0.1, 0.15) is 25.7 Å². The molecule has 0 bridgehead atoms. The number of rotatable bonds is 3. The molecule has 112 valence electrons. The van der Waals surface area contributed by atoms with E-state index in [9.17, 15) is 22.7 Å². The van der Waals surface area contributed by atoms with Crippen LogP contribution in [0.5, 0.6) is 0 Å². The summed E-state index contributed by atoms with van der Waals surface area (Å²) in [4.78, 5) is 0. The molecule has 0 spiro atoms. The van der Waals surface area contributed by atoms with Gasteiger partial charge < -0.3 is 10.4 Å². The second-order valence-corrected chi connectivity index (χ2v) is 5.36. The number of nitrogens with one attached hydrogen (secondary N) is 1. The smallest absolute Gasteiger partial charge is 0.391 e. The Bertz CT molecular complexity index is 453. The lowest BCUT2D eigenvalue weighted by Gasteiger charge is -2.40. The van der Waals surface area contributed by atoms with Gasteiger partial charge >= 0.3 is 6.18 Å². The standard InChI is InChI=1S/C14H17F4NO/c15-11-3-1-2-4-12(11)19-13(9-20)7-5-10(6-8-13)14(16,17)18/h1-4,10,19-20H,5-9H2. The Morgan fingerprint density at radius 2 is 1.80 bits per heavy atom. The fourth-order valence-electron chi connectivity index (χ4n) is 2.67. The van der Waals surface area contributed by atoms with E-state index in [1.165, 1.54) is 18.2 Å². The molecule has 0 unspecified atom stereocenters. The van der Waals surface area contributed by atoms with Crippen molar-refractivity contribution in [3.63, 3.8) is 0 Å². The highest BCUT2D eigenvalue weighted by molar-refractivity contribution is 5.47. The largest absolute Gasteiger partial charge is 0.394 e. The number of aliphatic hydroxyl groups excluding tert-OH is 1. The molecule has 0 saturated heterocycles. The average Bonchev–Trinajstić information content (AvgIpc) is 2.41. The molecule has 6 heteroatoms. The summed E-state index contributed by atoms with van der Waals surface area (Å²) in [5.74, 6) is -1.80. The maximum absolute atomic E-state index is 13.6. The normalized spacial score (nSPS) is 27.4. The van der Waals surface area contributed by atoms with Crippen molar-refractivity contribution in [2.45, 2.75) is 37.4 Å². The predicted octanol–water partition coefficient (Wildman–Crippen LogP) is 3.72. The van der Waals surface area contributed by atoms with Gasteiger partial charge in [-0.25, -0.2) is 4.39 Å².